The fourth-order valence-corrected chi connectivity index (χ4v) is 2.99. The molecule has 146 valence electrons. The molecule has 29 heavy (non-hydrogen) atoms. The van der Waals surface area contributed by atoms with Crippen LogP contribution in [0.3, 0.4) is 0 Å². The Bertz CT molecular complexity index is 1220. The lowest BCUT2D eigenvalue weighted by atomic mass is 10.1. The predicted octanol–water partition coefficient (Wildman–Crippen LogP) is 4.74. The van der Waals surface area contributed by atoms with Crippen molar-refractivity contribution in [3.8, 4) is 11.3 Å². The quantitative estimate of drug-likeness (QED) is 0.504. The number of anilines is 1. The SMILES string of the molecule is O=C(Cc1ccc(F)cc1)Nc1nc2ccc(F)cn2c1-c1ccc(F)c(F)c1. The van der Waals surface area contributed by atoms with Crippen LogP contribution >= 0.6 is 0 Å². The van der Waals surface area contributed by atoms with Crippen molar-refractivity contribution in [1.82, 2.24) is 9.38 Å². The van der Waals surface area contributed by atoms with Gasteiger partial charge in [-0.3, -0.25) is 9.20 Å². The fourth-order valence-electron chi connectivity index (χ4n) is 2.99. The van der Waals surface area contributed by atoms with Crippen LogP contribution in [0, 0.1) is 23.3 Å². The summed E-state index contributed by atoms with van der Waals surface area (Å²) in [5.74, 6) is -3.49. The van der Waals surface area contributed by atoms with Crippen molar-refractivity contribution in [2.24, 2.45) is 0 Å². The smallest absolute Gasteiger partial charge is 0.230 e. The number of hydrogen-bond donors (Lipinski definition) is 1. The third-order valence-electron chi connectivity index (χ3n) is 4.31. The topological polar surface area (TPSA) is 46.4 Å². The van der Waals surface area contributed by atoms with Gasteiger partial charge in [-0.15, -0.1) is 0 Å². The number of hydrogen-bond acceptors (Lipinski definition) is 2. The number of aromatic nitrogens is 2. The van der Waals surface area contributed by atoms with Crippen molar-refractivity contribution >= 4 is 17.4 Å². The first kappa shape index (κ1) is 18.7. The van der Waals surface area contributed by atoms with Gasteiger partial charge in [0, 0.05) is 11.8 Å². The summed E-state index contributed by atoms with van der Waals surface area (Å²) < 4.78 is 55.2. The van der Waals surface area contributed by atoms with E-state index in [9.17, 15) is 22.4 Å². The van der Waals surface area contributed by atoms with Crippen LogP contribution in [0.2, 0.25) is 0 Å². The third kappa shape index (κ3) is 3.82. The molecule has 4 rings (SSSR count). The summed E-state index contributed by atoms with van der Waals surface area (Å²) in [4.78, 5) is 16.7. The lowest BCUT2D eigenvalue weighted by Crippen LogP contribution is -2.15. The number of imidazole rings is 1. The second-order valence-corrected chi connectivity index (χ2v) is 6.36. The van der Waals surface area contributed by atoms with Gasteiger partial charge in [0.05, 0.1) is 12.1 Å². The molecule has 0 atom stereocenters. The molecule has 2 aromatic heterocycles. The molecule has 0 fully saturated rings. The largest absolute Gasteiger partial charge is 0.309 e. The van der Waals surface area contributed by atoms with E-state index >= 15 is 0 Å². The Kier molecular flexibility index (Phi) is 4.75. The van der Waals surface area contributed by atoms with Gasteiger partial charge < -0.3 is 5.32 Å². The summed E-state index contributed by atoms with van der Waals surface area (Å²) in [6.45, 7) is 0. The van der Waals surface area contributed by atoms with Gasteiger partial charge in [-0.05, 0) is 48.0 Å². The minimum atomic E-state index is -1.09. The summed E-state index contributed by atoms with van der Waals surface area (Å²) in [5.41, 5.74) is 1.29. The van der Waals surface area contributed by atoms with E-state index in [2.05, 4.69) is 10.3 Å². The molecule has 0 spiro atoms. The molecule has 1 amide bonds. The number of rotatable bonds is 4. The van der Waals surface area contributed by atoms with E-state index in [1.165, 1.54) is 46.9 Å². The summed E-state index contributed by atoms with van der Waals surface area (Å²) in [7, 11) is 0. The molecule has 0 saturated carbocycles. The molecule has 8 heteroatoms. The number of carbonyl (C=O) groups is 1. The second kappa shape index (κ2) is 7.38. The van der Waals surface area contributed by atoms with Crippen LogP contribution in [0.25, 0.3) is 16.9 Å². The third-order valence-corrected chi connectivity index (χ3v) is 4.31. The van der Waals surface area contributed by atoms with Gasteiger partial charge in [0.25, 0.3) is 0 Å². The van der Waals surface area contributed by atoms with Crippen LogP contribution in [0.4, 0.5) is 23.4 Å². The van der Waals surface area contributed by atoms with Gasteiger partial charge in [-0.1, -0.05) is 12.1 Å². The van der Waals surface area contributed by atoms with Gasteiger partial charge in [0.15, 0.2) is 17.5 Å². The molecule has 0 aliphatic carbocycles. The summed E-state index contributed by atoms with van der Waals surface area (Å²) in [6, 6.07) is 11.2. The zero-order chi connectivity index (χ0) is 20.5. The van der Waals surface area contributed by atoms with Crippen molar-refractivity contribution in [2.75, 3.05) is 5.32 Å². The molecule has 0 bridgehead atoms. The predicted molar refractivity (Wildman–Crippen MR) is 99.2 cm³/mol. The Morgan fingerprint density at radius 3 is 2.34 bits per heavy atom. The Labute approximate surface area is 162 Å². The number of fused-ring (bicyclic) bond motifs is 1. The minimum Gasteiger partial charge on any atom is -0.309 e. The van der Waals surface area contributed by atoms with Crippen molar-refractivity contribution in [1.29, 1.82) is 0 Å². The molecule has 1 N–H and O–H groups in total. The minimum absolute atomic E-state index is 0.0558. The Morgan fingerprint density at radius 1 is 0.897 bits per heavy atom. The van der Waals surface area contributed by atoms with Crippen LogP contribution in [0.5, 0.6) is 0 Å². The summed E-state index contributed by atoms with van der Waals surface area (Å²) in [5, 5.41) is 2.61. The number of nitrogens with zero attached hydrogens (tertiary/aromatic N) is 2. The zero-order valence-electron chi connectivity index (χ0n) is 14.8. The first-order chi connectivity index (χ1) is 13.9. The molecule has 2 aromatic carbocycles. The van der Waals surface area contributed by atoms with E-state index in [1.54, 1.807) is 0 Å². The first-order valence-corrected chi connectivity index (χ1v) is 8.58. The summed E-state index contributed by atoms with van der Waals surface area (Å²) >= 11 is 0. The Balaban J connectivity index is 1.74. The lowest BCUT2D eigenvalue weighted by molar-refractivity contribution is -0.115. The molecule has 4 nitrogen and oxygen atoms in total. The standard InChI is InChI=1S/C21H13F4N3O/c22-14-4-1-12(2-5-14)9-19(29)27-21-20(13-3-7-16(24)17(25)10-13)28-11-15(23)6-8-18(28)26-21/h1-8,10-11H,9H2,(H,27,29). The number of halogens is 4. The van der Waals surface area contributed by atoms with Gasteiger partial charge >= 0.3 is 0 Å². The van der Waals surface area contributed by atoms with Crippen molar-refractivity contribution in [2.45, 2.75) is 6.42 Å². The zero-order valence-corrected chi connectivity index (χ0v) is 14.8. The van der Waals surface area contributed by atoms with E-state index in [4.69, 9.17) is 0 Å². The highest BCUT2D eigenvalue weighted by molar-refractivity contribution is 5.95. The number of amides is 1. The van der Waals surface area contributed by atoms with E-state index < -0.39 is 29.2 Å². The second-order valence-electron chi connectivity index (χ2n) is 6.36. The van der Waals surface area contributed by atoms with Crippen molar-refractivity contribution in [3.05, 3.63) is 89.6 Å². The maximum Gasteiger partial charge on any atom is 0.230 e. The maximum absolute atomic E-state index is 13.8. The number of carbonyl (C=O) groups excluding carboxylic acids is 1. The number of pyridine rings is 1. The number of nitrogens with one attached hydrogen (secondary N) is 1. The molecule has 4 aromatic rings. The van der Waals surface area contributed by atoms with Crippen LogP contribution < -0.4 is 5.32 Å². The van der Waals surface area contributed by atoms with Gasteiger partial charge in [-0.2, -0.15) is 0 Å². The molecule has 0 aliphatic heterocycles. The van der Waals surface area contributed by atoms with Crippen molar-refractivity contribution in [3.63, 3.8) is 0 Å². The molecule has 0 saturated heterocycles. The Hall–Kier alpha value is -3.68. The van der Waals surface area contributed by atoms with E-state index in [0.717, 1.165) is 18.3 Å². The average Bonchev–Trinajstić information content (AvgIpc) is 3.02. The normalized spacial score (nSPS) is 11.0. The fraction of sp³-hybridized carbons (Fsp3) is 0.0476. The van der Waals surface area contributed by atoms with E-state index in [-0.39, 0.29) is 23.5 Å². The van der Waals surface area contributed by atoms with E-state index in [0.29, 0.717) is 11.2 Å². The number of benzene rings is 2. The van der Waals surface area contributed by atoms with Gasteiger partial charge in [-0.25, -0.2) is 22.5 Å². The van der Waals surface area contributed by atoms with Crippen LogP contribution in [-0.2, 0) is 11.2 Å². The van der Waals surface area contributed by atoms with E-state index in [1.807, 2.05) is 0 Å². The molecular weight excluding hydrogens is 386 g/mol. The molecule has 0 radical (unpaired) electrons. The van der Waals surface area contributed by atoms with Crippen LogP contribution in [0.15, 0.2) is 60.8 Å². The highest BCUT2D eigenvalue weighted by Crippen LogP contribution is 2.30. The average molecular weight is 399 g/mol. The van der Waals surface area contributed by atoms with Gasteiger partial charge in [0.2, 0.25) is 5.91 Å². The molecule has 0 aliphatic rings. The first-order valence-electron chi connectivity index (χ1n) is 8.58. The lowest BCUT2D eigenvalue weighted by Gasteiger charge is -2.08. The highest BCUT2D eigenvalue weighted by Gasteiger charge is 2.18. The molecule has 2 heterocycles. The maximum atomic E-state index is 13.8. The molecular formula is C21H13F4N3O. The summed E-state index contributed by atoms with van der Waals surface area (Å²) in [6.07, 6.45) is 1.08. The van der Waals surface area contributed by atoms with Gasteiger partial charge in [0.1, 0.15) is 17.3 Å². The highest BCUT2D eigenvalue weighted by atomic mass is 19.2. The monoisotopic (exact) mass is 399 g/mol. The molecule has 0 unspecified atom stereocenters. The van der Waals surface area contributed by atoms with Crippen molar-refractivity contribution < 1.29 is 22.4 Å². The van der Waals surface area contributed by atoms with Crippen LogP contribution in [0.1, 0.15) is 5.56 Å². The van der Waals surface area contributed by atoms with Crippen LogP contribution in [-0.4, -0.2) is 15.3 Å². The Morgan fingerprint density at radius 2 is 1.62 bits per heavy atom.